The molecule has 3 saturated heterocycles. The van der Waals surface area contributed by atoms with Crippen LogP contribution in [0.3, 0.4) is 0 Å². The molecule has 176 valence electrons. The zero-order valence-corrected chi connectivity index (χ0v) is 18.8. The van der Waals surface area contributed by atoms with Crippen molar-refractivity contribution < 1.29 is 33.7 Å². The van der Waals surface area contributed by atoms with Crippen LogP contribution in [-0.4, -0.2) is 63.9 Å². The van der Waals surface area contributed by atoms with Crippen LogP contribution in [0.1, 0.15) is 12.8 Å². The first-order valence-electron chi connectivity index (χ1n) is 9.95. The molecule has 0 unspecified atom stereocenters. The Hall–Kier alpha value is -3.02. The molecule has 3 aliphatic heterocycles. The molecule has 12 heteroatoms. The Kier molecular flexibility index (Phi) is 8.37. The maximum Gasteiger partial charge on any atom is 0.413 e. The fourth-order valence-electron chi connectivity index (χ4n) is 3.63. The van der Waals surface area contributed by atoms with E-state index in [4.69, 9.17) is 26.6 Å². The number of fused-ring (bicyclic) bond motifs is 3. The van der Waals surface area contributed by atoms with Gasteiger partial charge in [0.1, 0.15) is 11.9 Å². The number of amides is 1. The highest BCUT2D eigenvalue weighted by atomic mass is 35.5. The number of hydrogen-bond donors (Lipinski definition) is 3. The van der Waals surface area contributed by atoms with Gasteiger partial charge < -0.3 is 14.9 Å². The van der Waals surface area contributed by atoms with Crippen molar-refractivity contribution in [1.29, 1.82) is 0 Å². The second-order valence-electron chi connectivity index (χ2n) is 7.38. The second-order valence-corrected chi connectivity index (χ2v) is 8.64. The van der Waals surface area contributed by atoms with Crippen molar-refractivity contribution in [3.05, 3.63) is 46.7 Å². The Labute approximate surface area is 197 Å². The Balaban J connectivity index is 0.000000331. The first-order chi connectivity index (χ1) is 15.7. The van der Waals surface area contributed by atoms with Crippen LogP contribution >= 0.6 is 22.9 Å². The lowest BCUT2D eigenvalue weighted by Gasteiger charge is -2.43. The number of halogens is 2. The van der Waals surface area contributed by atoms with Crippen LogP contribution < -0.4 is 5.32 Å². The fourth-order valence-corrected chi connectivity index (χ4v) is 4.55. The smallest absolute Gasteiger partial charge is 0.413 e. The number of ether oxygens (including phenoxy) is 1. The number of piperidine rings is 3. The van der Waals surface area contributed by atoms with Gasteiger partial charge in [0.25, 0.3) is 0 Å². The van der Waals surface area contributed by atoms with Crippen molar-refractivity contribution in [2.45, 2.75) is 18.9 Å². The molecular formula is C21H21ClFN3O6S. The number of carboxylic acid groups (broad SMARTS) is 2. The first kappa shape index (κ1) is 24.6. The molecule has 1 aromatic heterocycles. The van der Waals surface area contributed by atoms with Crippen LogP contribution in [0.4, 0.5) is 15.0 Å². The Morgan fingerprint density at radius 3 is 2.42 bits per heavy atom. The third kappa shape index (κ3) is 6.98. The van der Waals surface area contributed by atoms with E-state index in [2.05, 4.69) is 15.2 Å². The molecule has 0 radical (unpaired) electrons. The molecule has 2 aromatic rings. The van der Waals surface area contributed by atoms with Gasteiger partial charge in [0.2, 0.25) is 0 Å². The molecule has 3 aliphatic rings. The summed E-state index contributed by atoms with van der Waals surface area (Å²) in [7, 11) is 0. The molecule has 0 saturated carbocycles. The minimum atomic E-state index is -1.26. The molecule has 1 atom stereocenters. The van der Waals surface area contributed by atoms with Crippen molar-refractivity contribution in [2.75, 3.05) is 25.0 Å². The summed E-state index contributed by atoms with van der Waals surface area (Å²) in [6.07, 6.45) is 2.70. The summed E-state index contributed by atoms with van der Waals surface area (Å²) in [4.78, 5) is 38.6. The molecule has 0 spiro atoms. The van der Waals surface area contributed by atoms with Gasteiger partial charge in [-0.15, -0.1) is 11.3 Å². The van der Waals surface area contributed by atoms with Crippen molar-refractivity contribution >= 4 is 46.8 Å². The number of aromatic nitrogens is 1. The molecular weight excluding hydrogens is 477 g/mol. The summed E-state index contributed by atoms with van der Waals surface area (Å²) in [6, 6.07) is 4.43. The number of thiazole rings is 1. The molecule has 3 fully saturated rings. The summed E-state index contributed by atoms with van der Waals surface area (Å²) < 4.78 is 19.0. The van der Waals surface area contributed by atoms with Gasteiger partial charge in [0, 0.05) is 18.7 Å². The quantitative estimate of drug-likeness (QED) is 0.529. The van der Waals surface area contributed by atoms with E-state index in [0.29, 0.717) is 34.3 Å². The van der Waals surface area contributed by atoms with E-state index in [-0.39, 0.29) is 11.1 Å². The van der Waals surface area contributed by atoms with Crippen molar-refractivity contribution in [3.8, 4) is 10.4 Å². The van der Waals surface area contributed by atoms with Crippen LogP contribution in [0.25, 0.3) is 10.4 Å². The number of nitrogens with one attached hydrogen (secondary N) is 1. The lowest BCUT2D eigenvalue weighted by atomic mass is 9.86. The number of rotatable bonds is 5. The highest BCUT2D eigenvalue weighted by Gasteiger charge is 2.36. The average Bonchev–Trinajstić information content (AvgIpc) is 3.23. The molecule has 1 amide bonds. The van der Waals surface area contributed by atoms with Gasteiger partial charge >= 0.3 is 18.0 Å². The molecule has 3 N–H and O–H groups in total. The zero-order chi connectivity index (χ0) is 24.0. The minimum absolute atomic E-state index is 0.0340. The summed E-state index contributed by atoms with van der Waals surface area (Å²) in [6.45, 7) is 2.98. The first-order valence-corrected chi connectivity index (χ1v) is 11.2. The number of hydrogen-bond acceptors (Lipinski definition) is 7. The predicted octanol–water partition coefficient (Wildman–Crippen LogP) is 3.96. The monoisotopic (exact) mass is 497 g/mol. The van der Waals surface area contributed by atoms with E-state index in [0.717, 1.165) is 32.5 Å². The molecule has 5 rings (SSSR count). The maximum absolute atomic E-state index is 13.3. The topological polar surface area (TPSA) is 129 Å². The van der Waals surface area contributed by atoms with Gasteiger partial charge in [0.05, 0.1) is 15.4 Å². The molecule has 2 bridgehead atoms. The van der Waals surface area contributed by atoms with Crippen LogP contribution in [0.5, 0.6) is 0 Å². The van der Waals surface area contributed by atoms with Crippen LogP contribution in [-0.2, 0) is 14.3 Å². The van der Waals surface area contributed by atoms with Crippen molar-refractivity contribution in [1.82, 2.24) is 9.88 Å². The van der Waals surface area contributed by atoms with Gasteiger partial charge in [-0.25, -0.2) is 23.8 Å². The standard InChI is InChI=1S/C17H17ClFN3O2S.C4H4O4/c18-12-7-11(1-2-13(12)19)15-16(20-9-25-15)21-17(23)24-14-8-22-5-3-10(14)4-6-22;5-3(6)1-2-4(7)8/h1-2,7,9-10,14H,3-6,8H2,(H,21,23);1-2H,(H,5,6)(H,7,8)/b;2-1+/t14-;/m0./s1. The lowest BCUT2D eigenvalue weighted by molar-refractivity contribution is -0.134. The molecule has 0 aliphatic carbocycles. The number of anilines is 1. The molecule has 33 heavy (non-hydrogen) atoms. The highest BCUT2D eigenvalue weighted by molar-refractivity contribution is 7.13. The lowest BCUT2D eigenvalue weighted by Crippen LogP contribution is -2.52. The number of carbonyl (C=O) groups is 3. The normalized spacial score (nSPS) is 21.2. The number of nitrogens with zero attached hydrogens (tertiary/aromatic N) is 2. The van der Waals surface area contributed by atoms with Crippen molar-refractivity contribution in [3.63, 3.8) is 0 Å². The third-order valence-electron chi connectivity index (χ3n) is 5.19. The Morgan fingerprint density at radius 2 is 1.88 bits per heavy atom. The Bertz CT molecular complexity index is 1040. The van der Waals surface area contributed by atoms with E-state index in [9.17, 15) is 18.8 Å². The van der Waals surface area contributed by atoms with Crippen LogP contribution in [0.15, 0.2) is 35.9 Å². The summed E-state index contributed by atoms with van der Waals surface area (Å²) in [5.74, 6) is -2.15. The average molecular weight is 498 g/mol. The largest absolute Gasteiger partial charge is 0.478 e. The number of benzene rings is 1. The van der Waals surface area contributed by atoms with E-state index in [1.165, 1.54) is 23.5 Å². The molecule has 9 nitrogen and oxygen atoms in total. The highest BCUT2D eigenvalue weighted by Crippen LogP contribution is 2.34. The van der Waals surface area contributed by atoms with E-state index >= 15 is 0 Å². The van der Waals surface area contributed by atoms with E-state index in [1.807, 2.05) is 0 Å². The Morgan fingerprint density at radius 1 is 1.21 bits per heavy atom. The maximum atomic E-state index is 13.3. The molecule has 4 heterocycles. The van der Waals surface area contributed by atoms with E-state index in [1.54, 1.807) is 11.6 Å². The summed E-state index contributed by atoms with van der Waals surface area (Å²) >= 11 is 7.19. The van der Waals surface area contributed by atoms with Crippen LogP contribution in [0, 0.1) is 11.7 Å². The van der Waals surface area contributed by atoms with Gasteiger partial charge in [-0.2, -0.15) is 0 Å². The predicted molar refractivity (Wildman–Crippen MR) is 120 cm³/mol. The number of carboxylic acids is 2. The SMILES string of the molecule is O=C(Nc1ncsc1-c1ccc(F)c(Cl)c1)O[C@H]1CN2CCC1CC2.O=C(O)/C=C/C(=O)O. The second kappa shape index (κ2) is 11.2. The van der Waals surface area contributed by atoms with Gasteiger partial charge in [0.15, 0.2) is 5.82 Å². The number of aliphatic carboxylic acids is 2. The van der Waals surface area contributed by atoms with E-state index < -0.39 is 23.8 Å². The summed E-state index contributed by atoms with van der Waals surface area (Å²) in [5.41, 5.74) is 2.32. The summed E-state index contributed by atoms with van der Waals surface area (Å²) in [5, 5.41) is 18.4. The minimum Gasteiger partial charge on any atom is -0.478 e. The molecule has 1 aromatic carbocycles. The fraction of sp³-hybridized carbons (Fsp3) is 0.333. The van der Waals surface area contributed by atoms with Crippen molar-refractivity contribution in [2.24, 2.45) is 5.92 Å². The number of carbonyl (C=O) groups excluding carboxylic acids is 1. The van der Waals surface area contributed by atoms with Gasteiger partial charge in [-0.3, -0.25) is 10.2 Å². The van der Waals surface area contributed by atoms with Crippen LogP contribution in [0.2, 0.25) is 5.02 Å². The van der Waals surface area contributed by atoms with Gasteiger partial charge in [-0.1, -0.05) is 17.7 Å². The van der Waals surface area contributed by atoms with Gasteiger partial charge in [-0.05, 0) is 49.5 Å². The third-order valence-corrected chi connectivity index (χ3v) is 6.36. The zero-order valence-electron chi connectivity index (χ0n) is 17.2.